The lowest BCUT2D eigenvalue weighted by Crippen LogP contribution is -2.61. The average molecular weight is 1050 g/mol. The van der Waals surface area contributed by atoms with Gasteiger partial charge in [-0.05, 0) is 156 Å². The molecule has 2 aliphatic rings. The Balaban J connectivity index is 1.11. The molecule has 2 aliphatic heterocycles. The van der Waals surface area contributed by atoms with E-state index in [2.05, 4.69) is 331 Å². The van der Waals surface area contributed by atoms with Gasteiger partial charge in [-0.25, -0.2) is 0 Å². The molecule has 12 aromatic rings. The highest BCUT2D eigenvalue weighted by molar-refractivity contribution is 7.00. The molecule has 0 unspecified atom stereocenters. The van der Waals surface area contributed by atoms with Gasteiger partial charge in [0, 0.05) is 45.5 Å². The SMILES string of the molecule is C=C/C=C(\C=C)c1ccc2c(c1)N(c1cccc(-c3ccccc3)c1)c1cc(N(c3cccc(-c4ccccc4)c3)c3cccc(-c4ccccc4)c3)cc3c1B2c1ccc(-c2ccccc2)cc1N3c1cccc(-c2ccccc2)c1. The van der Waals surface area contributed by atoms with E-state index >= 15 is 0 Å². The fraction of sp³-hybridized carbons (Fsp3) is 0. The first-order valence-corrected chi connectivity index (χ1v) is 28.1. The van der Waals surface area contributed by atoms with E-state index < -0.39 is 0 Å². The maximum absolute atomic E-state index is 4.30. The zero-order valence-corrected chi connectivity index (χ0v) is 45.4. The fourth-order valence-corrected chi connectivity index (χ4v) is 12.3. The van der Waals surface area contributed by atoms with Crippen molar-refractivity contribution in [2.45, 2.75) is 0 Å². The van der Waals surface area contributed by atoms with Gasteiger partial charge in [-0.15, -0.1) is 0 Å². The summed E-state index contributed by atoms with van der Waals surface area (Å²) in [5.74, 6) is 0. The van der Waals surface area contributed by atoms with Crippen molar-refractivity contribution in [3.05, 3.63) is 334 Å². The second-order valence-corrected chi connectivity index (χ2v) is 21.0. The molecule has 0 radical (unpaired) electrons. The van der Waals surface area contributed by atoms with Gasteiger partial charge in [-0.1, -0.05) is 256 Å². The Bertz CT molecular complexity index is 4300. The molecule has 0 atom stereocenters. The van der Waals surface area contributed by atoms with Gasteiger partial charge < -0.3 is 14.7 Å². The predicted octanol–water partition coefficient (Wildman–Crippen LogP) is 19.3. The summed E-state index contributed by atoms with van der Waals surface area (Å²) in [6, 6.07) is 109. The van der Waals surface area contributed by atoms with Crippen molar-refractivity contribution in [3.63, 3.8) is 0 Å². The number of anilines is 9. The highest BCUT2D eigenvalue weighted by Gasteiger charge is 2.44. The van der Waals surface area contributed by atoms with Crippen LogP contribution in [0, 0.1) is 0 Å². The van der Waals surface area contributed by atoms with Gasteiger partial charge in [0.2, 0.25) is 0 Å². The molecule has 0 bridgehead atoms. The van der Waals surface area contributed by atoms with Crippen molar-refractivity contribution >= 4 is 79.9 Å². The summed E-state index contributed by atoms with van der Waals surface area (Å²) in [5.41, 5.74) is 26.8. The smallest absolute Gasteiger partial charge is 0.252 e. The molecule has 14 rings (SSSR count). The molecule has 2 heterocycles. The largest absolute Gasteiger partial charge is 0.311 e. The summed E-state index contributed by atoms with van der Waals surface area (Å²) >= 11 is 0. The number of allylic oxidation sites excluding steroid dienone is 4. The van der Waals surface area contributed by atoms with Crippen LogP contribution in [0.15, 0.2) is 329 Å². The highest BCUT2D eigenvalue weighted by atomic mass is 15.2. The third-order valence-corrected chi connectivity index (χ3v) is 16.1. The quantitative estimate of drug-likeness (QED) is 0.0842. The molecule has 3 nitrogen and oxygen atoms in total. The predicted molar refractivity (Wildman–Crippen MR) is 351 cm³/mol. The molecule has 386 valence electrons. The number of hydrogen-bond donors (Lipinski definition) is 0. The van der Waals surface area contributed by atoms with Gasteiger partial charge in [0.05, 0.1) is 5.69 Å². The molecule has 0 N–H and O–H groups in total. The minimum atomic E-state index is -0.156. The van der Waals surface area contributed by atoms with Gasteiger partial charge in [0.15, 0.2) is 0 Å². The Morgan fingerprint density at radius 1 is 0.317 bits per heavy atom. The number of nitrogens with zero attached hydrogens (tertiary/aromatic N) is 3. The molecule has 0 saturated carbocycles. The van der Waals surface area contributed by atoms with E-state index in [1.54, 1.807) is 0 Å². The zero-order valence-electron chi connectivity index (χ0n) is 45.4. The van der Waals surface area contributed by atoms with Crippen molar-refractivity contribution in [3.8, 4) is 55.6 Å². The van der Waals surface area contributed by atoms with E-state index in [9.17, 15) is 0 Å². The second-order valence-electron chi connectivity index (χ2n) is 21.0. The van der Waals surface area contributed by atoms with Crippen LogP contribution in [0.2, 0.25) is 0 Å². The molecule has 4 heteroatoms. The molecular weight excluding hydrogens is 990 g/mol. The number of rotatable bonds is 13. The zero-order chi connectivity index (χ0) is 54.9. The maximum Gasteiger partial charge on any atom is 0.252 e. The standard InChI is InChI=1S/C78H56BN3/c1-3-24-55(4-2)65-43-45-72-74(51-65)81(69-41-22-37-63(49-69)58-29-14-7-15-30-58)76-53-71(80(67-39-20-35-61(47-67)56-25-10-5-11-26-56)68-40-21-36-62(48-68)57-27-12-6-13-28-57)54-77-78(76)79(72)73-46-44-66(60-33-18-9-19-34-60)52-75(73)82(77)70-42-23-38-64(50-70)59-31-16-8-17-32-59/h3-54H,1-2H2/b55-24+. The first-order chi connectivity index (χ1) is 40.6. The third kappa shape index (κ3) is 9.12. The molecule has 82 heavy (non-hydrogen) atoms. The van der Waals surface area contributed by atoms with Crippen LogP contribution in [0.1, 0.15) is 5.56 Å². The lowest BCUT2D eigenvalue weighted by atomic mass is 9.33. The van der Waals surface area contributed by atoms with E-state index in [0.717, 1.165) is 118 Å². The van der Waals surface area contributed by atoms with Crippen LogP contribution >= 0.6 is 0 Å². The Kier molecular flexibility index (Phi) is 13.0. The Morgan fingerprint density at radius 3 is 1.12 bits per heavy atom. The summed E-state index contributed by atoms with van der Waals surface area (Å²) in [6.07, 6.45) is 5.84. The van der Waals surface area contributed by atoms with Crippen molar-refractivity contribution < 1.29 is 0 Å². The number of fused-ring (bicyclic) bond motifs is 4. The molecule has 0 aromatic heterocycles. The van der Waals surface area contributed by atoms with Crippen molar-refractivity contribution in [2.24, 2.45) is 0 Å². The molecular formula is C78H56BN3. The molecule has 0 spiro atoms. The first kappa shape index (κ1) is 49.6. The van der Waals surface area contributed by atoms with Crippen LogP contribution in [0.5, 0.6) is 0 Å². The third-order valence-electron chi connectivity index (χ3n) is 16.1. The van der Waals surface area contributed by atoms with Crippen LogP contribution in [-0.4, -0.2) is 6.71 Å². The number of hydrogen-bond acceptors (Lipinski definition) is 3. The van der Waals surface area contributed by atoms with Crippen LogP contribution in [-0.2, 0) is 0 Å². The van der Waals surface area contributed by atoms with Gasteiger partial charge in [0.25, 0.3) is 6.71 Å². The van der Waals surface area contributed by atoms with E-state index in [-0.39, 0.29) is 6.71 Å². The van der Waals surface area contributed by atoms with Gasteiger partial charge in [-0.2, -0.15) is 0 Å². The molecule has 0 fully saturated rings. The summed E-state index contributed by atoms with van der Waals surface area (Å²) < 4.78 is 0. The minimum absolute atomic E-state index is 0.156. The summed E-state index contributed by atoms with van der Waals surface area (Å²) in [5, 5.41) is 0. The second kappa shape index (κ2) is 21.5. The molecule has 0 aliphatic carbocycles. The van der Waals surface area contributed by atoms with Crippen molar-refractivity contribution in [1.29, 1.82) is 0 Å². The van der Waals surface area contributed by atoms with Crippen LogP contribution in [0.25, 0.3) is 61.2 Å². The van der Waals surface area contributed by atoms with Crippen molar-refractivity contribution in [2.75, 3.05) is 14.7 Å². The van der Waals surface area contributed by atoms with Crippen LogP contribution in [0.3, 0.4) is 0 Å². The highest BCUT2D eigenvalue weighted by Crippen LogP contribution is 2.50. The Morgan fingerprint density at radius 2 is 0.695 bits per heavy atom. The fourth-order valence-electron chi connectivity index (χ4n) is 12.3. The topological polar surface area (TPSA) is 9.72 Å². The van der Waals surface area contributed by atoms with E-state index in [1.165, 1.54) is 16.4 Å². The molecule has 0 saturated heterocycles. The first-order valence-electron chi connectivity index (χ1n) is 28.1. The summed E-state index contributed by atoms with van der Waals surface area (Å²) in [4.78, 5) is 7.54. The monoisotopic (exact) mass is 1050 g/mol. The normalized spacial score (nSPS) is 12.2. The van der Waals surface area contributed by atoms with E-state index in [4.69, 9.17) is 0 Å². The van der Waals surface area contributed by atoms with Gasteiger partial charge in [-0.3, -0.25) is 0 Å². The summed E-state index contributed by atoms with van der Waals surface area (Å²) in [7, 11) is 0. The number of benzene rings is 12. The average Bonchev–Trinajstić information content (AvgIpc) is 3.38. The van der Waals surface area contributed by atoms with E-state index in [1.807, 2.05) is 12.2 Å². The lowest BCUT2D eigenvalue weighted by molar-refractivity contribution is 1.22. The Hall–Kier alpha value is -10.7. The Labute approximate surface area is 481 Å². The van der Waals surface area contributed by atoms with Crippen molar-refractivity contribution in [1.82, 2.24) is 0 Å². The molecule has 0 amide bonds. The van der Waals surface area contributed by atoms with Gasteiger partial charge in [0.1, 0.15) is 0 Å². The molecule has 12 aromatic carbocycles. The summed E-state index contributed by atoms with van der Waals surface area (Å²) in [6.45, 7) is 8.27. The van der Waals surface area contributed by atoms with Gasteiger partial charge >= 0.3 is 0 Å². The minimum Gasteiger partial charge on any atom is -0.311 e. The maximum atomic E-state index is 4.30. The van der Waals surface area contributed by atoms with E-state index in [0.29, 0.717) is 0 Å². The van der Waals surface area contributed by atoms with Crippen LogP contribution < -0.4 is 31.1 Å². The lowest BCUT2D eigenvalue weighted by Gasteiger charge is -2.45. The van der Waals surface area contributed by atoms with Crippen LogP contribution in [0.4, 0.5) is 51.2 Å².